The van der Waals surface area contributed by atoms with Crippen LogP contribution in [0.1, 0.15) is 37.0 Å². The molecule has 0 amide bonds. The number of nitriles is 1. The van der Waals surface area contributed by atoms with Gasteiger partial charge in [-0.25, -0.2) is 0 Å². The molecule has 0 radical (unpaired) electrons. The normalized spacial score (nSPS) is 12.6. The zero-order valence-electron chi connectivity index (χ0n) is 16.8. The number of rotatable bonds is 7. The quantitative estimate of drug-likeness (QED) is 0.401. The first-order chi connectivity index (χ1) is 14.5. The summed E-state index contributed by atoms with van der Waals surface area (Å²) >= 11 is 5.96. The molecule has 0 heterocycles. The van der Waals surface area contributed by atoms with Crippen LogP contribution in [0.2, 0.25) is 5.02 Å². The largest absolute Gasteiger partial charge is 0.457 e. The number of ether oxygens (including phenoxy) is 2. The van der Waals surface area contributed by atoms with Crippen molar-refractivity contribution in [1.29, 1.82) is 5.26 Å². The molecule has 3 rings (SSSR count). The Morgan fingerprint density at radius 2 is 1.57 bits per heavy atom. The van der Waals surface area contributed by atoms with Crippen LogP contribution in [0.25, 0.3) is 0 Å². The Morgan fingerprint density at radius 1 is 0.900 bits per heavy atom. The van der Waals surface area contributed by atoms with Crippen molar-refractivity contribution in [1.82, 2.24) is 0 Å². The Morgan fingerprint density at radius 3 is 2.20 bits per heavy atom. The van der Waals surface area contributed by atoms with Crippen molar-refractivity contribution in [3.05, 3.63) is 95.0 Å². The van der Waals surface area contributed by atoms with E-state index in [9.17, 15) is 10.1 Å². The Kier molecular flexibility index (Phi) is 7.11. The molecule has 0 aliphatic heterocycles. The molecule has 4 nitrogen and oxygen atoms in total. The highest BCUT2D eigenvalue weighted by molar-refractivity contribution is 6.30. The smallest absolute Gasteiger partial charge is 0.315 e. The molecule has 2 atom stereocenters. The van der Waals surface area contributed by atoms with Crippen molar-refractivity contribution in [2.45, 2.75) is 25.9 Å². The summed E-state index contributed by atoms with van der Waals surface area (Å²) in [7, 11) is 0. The van der Waals surface area contributed by atoms with Crippen LogP contribution >= 0.6 is 11.6 Å². The molecule has 0 saturated carbocycles. The third-order valence-electron chi connectivity index (χ3n) is 4.64. The van der Waals surface area contributed by atoms with Crippen molar-refractivity contribution >= 4 is 17.6 Å². The van der Waals surface area contributed by atoms with Crippen molar-refractivity contribution in [3.8, 4) is 17.6 Å². The average Bonchev–Trinajstić information content (AvgIpc) is 2.74. The van der Waals surface area contributed by atoms with E-state index in [0.717, 1.165) is 5.56 Å². The maximum Gasteiger partial charge on any atom is 0.315 e. The van der Waals surface area contributed by atoms with E-state index >= 15 is 0 Å². The fraction of sp³-hybridized carbons (Fsp3) is 0.200. The second-order valence-electron chi connectivity index (χ2n) is 7.21. The van der Waals surface area contributed by atoms with E-state index in [1.807, 2.05) is 56.3 Å². The third kappa shape index (κ3) is 5.40. The van der Waals surface area contributed by atoms with Gasteiger partial charge < -0.3 is 9.47 Å². The summed E-state index contributed by atoms with van der Waals surface area (Å²) in [4.78, 5) is 13.0. The summed E-state index contributed by atoms with van der Waals surface area (Å²) in [6, 6.07) is 25.5. The Balaban J connectivity index is 1.78. The topological polar surface area (TPSA) is 59.3 Å². The van der Waals surface area contributed by atoms with E-state index in [1.165, 1.54) is 0 Å². The molecule has 3 aromatic rings. The lowest BCUT2D eigenvalue weighted by atomic mass is 9.88. The molecule has 5 heteroatoms. The van der Waals surface area contributed by atoms with Crippen LogP contribution in [0.4, 0.5) is 0 Å². The van der Waals surface area contributed by atoms with Crippen LogP contribution < -0.4 is 4.74 Å². The number of esters is 1. The van der Waals surface area contributed by atoms with Gasteiger partial charge in [0.2, 0.25) is 6.10 Å². The number of halogens is 1. The molecule has 0 saturated heterocycles. The van der Waals surface area contributed by atoms with Crippen LogP contribution in [-0.4, -0.2) is 5.97 Å². The molecule has 1 unspecified atom stereocenters. The lowest BCUT2D eigenvalue weighted by molar-refractivity contribution is -0.150. The van der Waals surface area contributed by atoms with E-state index in [4.69, 9.17) is 21.1 Å². The molecule has 3 aromatic carbocycles. The van der Waals surface area contributed by atoms with Gasteiger partial charge in [-0.2, -0.15) is 5.26 Å². The van der Waals surface area contributed by atoms with Crippen LogP contribution in [0, 0.1) is 17.2 Å². The van der Waals surface area contributed by atoms with Crippen LogP contribution in [0.5, 0.6) is 11.5 Å². The standard InChI is InChI=1S/C25H22ClNO3/c1-17(2)24(18-11-13-20(26)14-12-18)25(28)30-23(16-27)19-7-6-10-22(15-19)29-21-8-4-3-5-9-21/h3-15,17,23-24H,1-2H3/t23?,24-/m1/s1. The van der Waals surface area contributed by atoms with Crippen molar-refractivity contribution in [2.24, 2.45) is 5.92 Å². The lowest BCUT2D eigenvalue weighted by Crippen LogP contribution is -2.22. The predicted molar refractivity (Wildman–Crippen MR) is 116 cm³/mol. The molecule has 0 fully saturated rings. The fourth-order valence-electron chi connectivity index (χ4n) is 3.19. The molecule has 30 heavy (non-hydrogen) atoms. The summed E-state index contributed by atoms with van der Waals surface area (Å²) in [5, 5.41) is 10.2. The van der Waals surface area contributed by atoms with E-state index in [-0.39, 0.29) is 5.92 Å². The summed E-state index contributed by atoms with van der Waals surface area (Å²) < 4.78 is 11.4. The Bertz CT molecular complexity index is 1030. The summed E-state index contributed by atoms with van der Waals surface area (Å²) in [5.74, 6) is 0.289. The van der Waals surface area contributed by atoms with E-state index in [0.29, 0.717) is 22.1 Å². The molecule has 0 aromatic heterocycles. The van der Waals surface area contributed by atoms with Gasteiger partial charge in [-0.1, -0.05) is 67.9 Å². The fourth-order valence-corrected chi connectivity index (χ4v) is 3.31. The van der Waals surface area contributed by atoms with Crippen LogP contribution in [0.15, 0.2) is 78.9 Å². The molecule has 0 aliphatic carbocycles. The van der Waals surface area contributed by atoms with Gasteiger partial charge >= 0.3 is 5.97 Å². The SMILES string of the molecule is CC(C)[C@@H](C(=O)OC(C#N)c1cccc(Oc2ccccc2)c1)c1ccc(Cl)cc1. The second-order valence-corrected chi connectivity index (χ2v) is 7.64. The minimum absolute atomic E-state index is 0.00855. The lowest BCUT2D eigenvalue weighted by Gasteiger charge is -2.22. The van der Waals surface area contributed by atoms with Crippen LogP contribution in [-0.2, 0) is 9.53 Å². The Hall–Kier alpha value is -3.29. The molecule has 0 bridgehead atoms. The molecule has 0 aliphatic rings. The highest BCUT2D eigenvalue weighted by Crippen LogP contribution is 2.31. The number of hydrogen-bond donors (Lipinski definition) is 0. The minimum Gasteiger partial charge on any atom is -0.457 e. The van der Waals surface area contributed by atoms with Gasteiger partial charge in [0.25, 0.3) is 0 Å². The molecular weight excluding hydrogens is 398 g/mol. The third-order valence-corrected chi connectivity index (χ3v) is 4.89. The first kappa shape index (κ1) is 21.4. The number of benzene rings is 3. The van der Waals surface area contributed by atoms with Crippen molar-refractivity contribution < 1.29 is 14.3 Å². The van der Waals surface area contributed by atoms with Gasteiger partial charge in [-0.3, -0.25) is 4.79 Å². The number of carbonyl (C=O) groups excluding carboxylic acids is 1. The zero-order chi connectivity index (χ0) is 21.5. The number of nitrogens with zero attached hydrogens (tertiary/aromatic N) is 1. The van der Waals surface area contributed by atoms with E-state index in [2.05, 4.69) is 6.07 Å². The first-order valence-electron chi connectivity index (χ1n) is 9.66. The number of para-hydroxylation sites is 1. The summed E-state index contributed by atoms with van der Waals surface area (Å²) in [5.41, 5.74) is 1.36. The highest BCUT2D eigenvalue weighted by atomic mass is 35.5. The molecule has 0 spiro atoms. The minimum atomic E-state index is -1.04. The number of hydrogen-bond acceptors (Lipinski definition) is 4. The van der Waals surface area contributed by atoms with Crippen LogP contribution in [0.3, 0.4) is 0 Å². The van der Waals surface area contributed by atoms with Crippen molar-refractivity contribution in [2.75, 3.05) is 0 Å². The molecule has 0 N–H and O–H groups in total. The molecular formula is C25H22ClNO3. The maximum absolute atomic E-state index is 13.0. The van der Waals surface area contributed by atoms with Crippen molar-refractivity contribution in [3.63, 3.8) is 0 Å². The predicted octanol–water partition coefficient (Wildman–Crippen LogP) is 6.68. The average molecular weight is 420 g/mol. The second kappa shape index (κ2) is 9.96. The van der Waals surface area contributed by atoms with Gasteiger partial charge in [0.1, 0.15) is 17.6 Å². The van der Waals surface area contributed by atoms with E-state index in [1.54, 1.807) is 36.4 Å². The highest BCUT2D eigenvalue weighted by Gasteiger charge is 2.29. The number of carbonyl (C=O) groups is 1. The first-order valence-corrected chi connectivity index (χ1v) is 10.0. The van der Waals surface area contributed by atoms with Gasteiger partial charge in [-0.15, -0.1) is 0 Å². The zero-order valence-corrected chi connectivity index (χ0v) is 17.5. The molecule has 152 valence electrons. The van der Waals surface area contributed by atoms with Gasteiger partial charge in [0.05, 0.1) is 5.92 Å². The van der Waals surface area contributed by atoms with Gasteiger partial charge in [-0.05, 0) is 47.9 Å². The monoisotopic (exact) mass is 419 g/mol. The summed E-state index contributed by atoms with van der Waals surface area (Å²) in [6.07, 6.45) is -1.04. The van der Waals surface area contributed by atoms with Gasteiger partial charge in [0, 0.05) is 10.6 Å². The van der Waals surface area contributed by atoms with Gasteiger partial charge in [0.15, 0.2) is 0 Å². The van der Waals surface area contributed by atoms with E-state index < -0.39 is 18.0 Å². The maximum atomic E-state index is 13.0. The summed E-state index contributed by atoms with van der Waals surface area (Å²) in [6.45, 7) is 3.88. The Labute approximate surface area is 181 Å².